The van der Waals surface area contributed by atoms with Crippen LogP contribution in [-0.2, 0) is 22.9 Å². The summed E-state index contributed by atoms with van der Waals surface area (Å²) in [4.78, 5) is 11.2. The second-order valence-corrected chi connectivity index (χ2v) is 7.50. The highest BCUT2D eigenvalue weighted by Crippen LogP contribution is 2.23. The molecule has 0 radical (unpaired) electrons. The molecule has 0 bridgehead atoms. The van der Waals surface area contributed by atoms with E-state index in [2.05, 4.69) is 14.9 Å². The minimum atomic E-state index is -3.88. The third-order valence-corrected chi connectivity index (χ3v) is 5.53. The molecule has 1 unspecified atom stereocenters. The van der Waals surface area contributed by atoms with Gasteiger partial charge in [-0.15, -0.1) is 0 Å². The number of aryl methyl sites for hydroxylation is 1. The van der Waals surface area contributed by atoms with Crippen LogP contribution in [0.5, 0.6) is 5.75 Å². The van der Waals surface area contributed by atoms with Gasteiger partial charge in [0, 0.05) is 12.1 Å². The van der Waals surface area contributed by atoms with Crippen molar-refractivity contribution in [1.29, 1.82) is 0 Å². The van der Waals surface area contributed by atoms with Crippen molar-refractivity contribution in [2.45, 2.75) is 37.1 Å². The molecule has 1 aromatic heterocycles. The second kappa shape index (κ2) is 6.93. The van der Waals surface area contributed by atoms with E-state index in [1.807, 2.05) is 0 Å². The number of aromatic amines is 1. The Kier molecular flexibility index (Phi) is 4.87. The average molecular weight is 367 g/mol. The van der Waals surface area contributed by atoms with Crippen LogP contribution in [0.15, 0.2) is 34.0 Å². The summed E-state index contributed by atoms with van der Waals surface area (Å²) < 4.78 is 46.6. The standard InChI is InChI=1S/C16H18FN3O4S/c1-2-24-15-6-4-12(9-13(15)17)25(22,23)20-11-3-5-14-10(7-11)8-16(21)19-18-14/h4,6,8-9,11,20H,2-3,5,7H2,1H3,(H,19,21). The normalized spacial score (nSPS) is 17.1. The topological polar surface area (TPSA) is 101 Å². The minimum Gasteiger partial charge on any atom is -0.491 e. The maximum atomic E-state index is 13.9. The van der Waals surface area contributed by atoms with Gasteiger partial charge in [-0.05, 0) is 49.9 Å². The third kappa shape index (κ3) is 3.88. The van der Waals surface area contributed by atoms with Crippen LogP contribution in [0.2, 0.25) is 0 Å². The number of fused-ring (bicyclic) bond motifs is 1. The van der Waals surface area contributed by atoms with E-state index < -0.39 is 15.8 Å². The SMILES string of the molecule is CCOc1ccc(S(=O)(=O)NC2CCc3n[nH]c(=O)cc3C2)cc1F. The molecular weight excluding hydrogens is 349 g/mol. The van der Waals surface area contributed by atoms with Gasteiger partial charge in [0.2, 0.25) is 10.0 Å². The number of ether oxygens (including phenoxy) is 1. The van der Waals surface area contributed by atoms with Gasteiger partial charge in [-0.2, -0.15) is 5.10 Å². The van der Waals surface area contributed by atoms with E-state index in [4.69, 9.17) is 4.74 Å². The van der Waals surface area contributed by atoms with Gasteiger partial charge in [-0.1, -0.05) is 0 Å². The fourth-order valence-corrected chi connectivity index (χ4v) is 4.13. The molecule has 0 saturated heterocycles. The summed E-state index contributed by atoms with van der Waals surface area (Å²) in [5.41, 5.74) is 1.17. The van der Waals surface area contributed by atoms with Crippen molar-refractivity contribution in [2.24, 2.45) is 0 Å². The zero-order valence-corrected chi connectivity index (χ0v) is 14.4. The van der Waals surface area contributed by atoms with Gasteiger partial charge in [-0.3, -0.25) is 4.79 Å². The number of rotatable bonds is 5. The summed E-state index contributed by atoms with van der Waals surface area (Å²) in [7, 11) is -3.88. The molecule has 0 amide bonds. The first-order chi connectivity index (χ1) is 11.9. The number of nitrogens with zero attached hydrogens (tertiary/aromatic N) is 1. The molecule has 134 valence electrons. The van der Waals surface area contributed by atoms with Crippen molar-refractivity contribution in [3.63, 3.8) is 0 Å². The number of sulfonamides is 1. The summed E-state index contributed by atoms with van der Waals surface area (Å²) in [5, 5.41) is 6.34. The molecule has 7 nitrogen and oxygen atoms in total. The second-order valence-electron chi connectivity index (χ2n) is 5.79. The monoisotopic (exact) mass is 367 g/mol. The molecule has 1 aliphatic carbocycles. The van der Waals surface area contributed by atoms with Gasteiger partial charge in [-0.25, -0.2) is 22.6 Å². The molecule has 0 aliphatic heterocycles. The Morgan fingerprint density at radius 3 is 2.92 bits per heavy atom. The summed E-state index contributed by atoms with van der Waals surface area (Å²) in [6.45, 7) is 2.00. The predicted molar refractivity (Wildman–Crippen MR) is 88.6 cm³/mol. The summed E-state index contributed by atoms with van der Waals surface area (Å²) in [5.74, 6) is -0.715. The quantitative estimate of drug-likeness (QED) is 0.825. The Morgan fingerprint density at radius 1 is 1.40 bits per heavy atom. The minimum absolute atomic E-state index is 0.0124. The van der Waals surface area contributed by atoms with Gasteiger partial charge >= 0.3 is 0 Å². The molecule has 2 N–H and O–H groups in total. The number of H-pyrrole nitrogens is 1. The smallest absolute Gasteiger partial charge is 0.264 e. The fourth-order valence-electron chi connectivity index (χ4n) is 2.85. The largest absolute Gasteiger partial charge is 0.491 e. The van der Waals surface area contributed by atoms with Crippen molar-refractivity contribution in [2.75, 3.05) is 6.61 Å². The number of halogens is 1. The van der Waals surface area contributed by atoms with Crippen molar-refractivity contribution in [3.05, 3.63) is 51.7 Å². The number of aromatic nitrogens is 2. The number of benzene rings is 1. The van der Waals surface area contributed by atoms with Gasteiger partial charge in [0.05, 0.1) is 17.2 Å². The lowest BCUT2D eigenvalue weighted by Gasteiger charge is -2.24. The first-order valence-corrected chi connectivity index (χ1v) is 9.39. The highest BCUT2D eigenvalue weighted by atomic mass is 32.2. The lowest BCUT2D eigenvalue weighted by molar-refractivity contribution is 0.321. The van der Waals surface area contributed by atoms with E-state index in [9.17, 15) is 17.6 Å². The van der Waals surface area contributed by atoms with Crippen molar-refractivity contribution in [1.82, 2.24) is 14.9 Å². The molecule has 0 spiro atoms. The van der Waals surface area contributed by atoms with Crippen LogP contribution in [0.4, 0.5) is 4.39 Å². The Morgan fingerprint density at radius 2 is 2.20 bits per heavy atom. The van der Waals surface area contributed by atoms with Crippen LogP contribution in [-0.4, -0.2) is 31.3 Å². The van der Waals surface area contributed by atoms with E-state index in [1.165, 1.54) is 18.2 Å². The Bertz CT molecular complexity index is 943. The Balaban J connectivity index is 1.78. The van der Waals surface area contributed by atoms with Gasteiger partial charge in [0.25, 0.3) is 5.56 Å². The third-order valence-electron chi connectivity index (χ3n) is 4.01. The summed E-state index contributed by atoms with van der Waals surface area (Å²) >= 11 is 0. The molecule has 25 heavy (non-hydrogen) atoms. The lowest BCUT2D eigenvalue weighted by Crippen LogP contribution is -2.39. The molecule has 3 rings (SSSR count). The molecule has 9 heteroatoms. The zero-order chi connectivity index (χ0) is 18.0. The molecule has 2 aromatic rings. The zero-order valence-electron chi connectivity index (χ0n) is 13.6. The van der Waals surface area contributed by atoms with Crippen LogP contribution < -0.4 is 15.0 Å². The van der Waals surface area contributed by atoms with E-state index in [0.717, 1.165) is 17.3 Å². The highest BCUT2D eigenvalue weighted by Gasteiger charge is 2.26. The fraction of sp³-hybridized carbons (Fsp3) is 0.375. The van der Waals surface area contributed by atoms with E-state index in [0.29, 0.717) is 19.3 Å². The van der Waals surface area contributed by atoms with E-state index >= 15 is 0 Å². The summed E-state index contributed by atoms with van der Waals surface area (Å²) in [6.07, 6.45) is 1.46. The number of nitrogens with one attached hydrogen (secondary N) is 2. The average Bonchev–Trinajstić information content (AvgIpc) is 2.56. The van der Waals surface area contributed by atoms with Gasteiger partial charge in [0.15, 0.2) is 11.6 Å². The maximum Gasteiger partial charge on any atom is 0.264 e. The highest BCUT2D eigenvalue weighted by molar-refractivity contribution is 7.89. The maximum absolute atomic E-state index is 13.9. The van der Waals surface area contributed by atoms with Crippen molar-refractivity contribution in [3.8, 4) is 5.75 Å². The van der Waals surface area contributed by atoms with Crippen LogP contribution in [0.25, 0.3) is 0 Å². The first kappa shape index (κ1) is 17.6. The van der Waals surface area contributed by atoms with E-state index in [-0.39, 0.29) is 28.9 Å². The number of hydrogen-bond donors (Lipinski definition) is 2. The molecule has 0 saturated carbocycles. The van der Waals surface area contributed by atoms with E-state index in [1.54, 1.807) is 6.92 Å². The Labute approximate surface area is 144 Å². The van der Waals surface area contributed by atoms with Crippen LogP contribution in [0, 0.1) is 5.82 Å². The van der Waals surface area contributed by atoms with Crippen molar-refractivity contribution < 1.29 is 17.5 Å². The molecule has 0 fully saturated rings. The Hall–Kier alpha value is -2.26. The first-order valence-electron chi connectivity index (χ1n) is 7.91. The number of hydrogen-bond acceptors (Lipinski definition) is 5. The van der Waals surface area contributed by atoms with Gasteiger partial charge < -0.3 is 4.74 Å². The van der Waals surface area contributed by atoms with Gasteiger partial charge in [0.1, 0.15) is 0 Å². The summed E-state index contributed by atoms with van der Waals surface area (Å²) in [6, 6.07) is 4.60. The lowest BCUT2D eigenvalue weighted by atomic mass is 9.93. The molecule has 1 atom stereocenters. The molecule has 1 aliphatic rings. The van der Waals surface area contributed by atoms with Crippen LogP contribution in [0.3, 0.4) is 0 Å². The molecular formula is C16H18FN3O4S. The molecule has 1 aromatic carbocycles. The molecule has 1 heterocycles. The van der Waals surface area contributed by atoms with Crippen molar-refractivity contribution >= 4 is 10.0 Å². The van der Waals surface area contributed by atoms with Crippen LogP contribution >= 0.6 is 0 Å². The predicted octanol–water partition coefficient (Wildman–Crippen LogP) is 1.14. The van der Waals surface area contributed by atoms with Crippen LogP contribution in [0.1, 0.15) is 24.6 Å².